The second-order valence-electron chi connectivity index (χ2n) is 6.45. The van der Waals surface area contributed by atoms with Crippen LogP contribution in [0.1, 0.15) is 5.56 Å². The molecule has 4 heterocycles. The normalized spacial score (nSPS) is 27.3. The minimum atomic E-state index is -0.424. The standard InChI is InChI=1S/C17H19FN2O3/c18-15-2-1-4-19-16(15)23-12-17-10-20(6-13-3-5-21-8-13)7-14(17)9-22-11-17/h1-5,8,14H,6-7,9-12H2/t14-,17+/m1/s1. The molecule has 2 saturated heterocycles. The van der Waals surface area contributed by atoms with Crippen molar-refractivity contribution in [3.8, 4) is 5.88 Å². The molecule has 122 valence electrons. The van der Waals surface area contributed by atoms with Crippen molar-refractivity contribution in [1.82, 2.24) is 9.88 Å². The Morgan fingerprint density at radius 3 is 3.22 bits per heavy atom. The fourth-order valence-corrected chi connectivity index (χ4v) is 3.60. The summed E-state index contributed by atoms with van der Waals surface area (Å²) in [5.41, 5.74) is 1.07. The molecule has 0 aliphatic carbocycles. The van der Waals surface area contributed by atoms with Crippen LogP contribution in [0, 0.1) is 17.2 Å². The third-order valence-electron chi connectivity index (χ3n) is 4.80. The van der Waals surface area contributed by atoms with Gasteiger partial charge in [-0.3, -0.25) is 4.90 Å². The first-order valence-corrected chi connectivity index (χ1v) is 7.80. The molecule has 0 bridgehead atoms. The lowest BCUT2D eigenvalue weighted by Gasteiger charge is -2.27. The van der Waals surface area contributed by atoms with E-state index in [0.717, 1.165) is 31.8 Å². The number of fused-ring (bicyclic) bond motifs is 1. The number of furan rings is 1. The van der Waals surface area contributed by atoms with Gasteiger partial charge in [-0.25, -0.2) is 9.37 Å². The van der Waals surface area contributed by atoms with Gasteiger partial charge < -0.3 is 13.9 Å². The zero-order valence-electron chi connectivity index (χ0n) is 12.8. The maximum Gasteiger partial charge on any atom is 0.250 e. The van der Waals surface area contributed by atoms with Crippen molar-refractivity contribution >= 4 is 0 Å². The smallest absolute Gasteiger partial charge is 0.250 e. The summed E-state index contributed by atoms with van der Waals surface area (Å²) in [5.74, 6) is 0.0506. The zero-order chi connectivity index (χ0) is 15.7. The minimum Gasteiger partial charge on any atom is -0.475 e. The van der Waals surface area contributed by atoms with Crippen LogP contribution in [0.25, 0.3) is 0 Å². The van der Waals surface area contributed by atoms with Crippen LogP contribution in [0.5, 0.6) is 5.88 Å². The first-order valence-electron chi connectivity index (χ1n) is 7.80. The van der Waals surface area contributed by atoms with E-state index in [-0.39, 0.29) is 11.3 Å². The molecule has 2 atom stereocenters. The number of nitrogens with zero attached hydrogens (tertiary/aromatic N) is 2. The van der Waals surface area contributed by atoms with E-state index in [1.807, 2.05) is 6.07 Å². The molecule has 0 spiro atoms. The van der Waals surface area contributed by atoms with Gasteiger partial charge in [0.25, 0.3) is 0 Å². The quantitative estimate of drug-likeness (QED) is 0.847. The molecule has 0 radical (unpaired) electrons. The summed E-state index contributed by atoms with van der Waals surface area (Å²) in [7, 11) is 0. The Hall–Kier alpha value is -1.92. The number of rotatable bonds is 5. The predicted octanol–water partition coefficient (Wildman–Crippen LogP) is 2.34. The van der Waals surface area contributed by atoms with Gasteiger partial charge in [-0.1, -0.05) is 0 Å². The van der Waals surface area contributed by atoms with Gasteiger partial charge in [0.15, 0.2) is 5.82 Å². The van der Waals surface area contributed by atoms with E-state index in [9.17, 15) is 4.39 Å². The van der Waals surface area contributed by atoms with Gasteiger partial charge in [0.1, 0.15) is 0 Å². The fraction of sp³-hybridized carbons (Fsp3) is 0.471. The van der Waals surface area contributed by atoms with Gasteiger partial charge in [0.05, 0.1) is 32.3 Å². The third kappa shape index (κ3) is 2.84. The number of likely N-dealkylation sites (tertiary alicyclic amines) is 1. The van der Waals surface area contributed by atoms with Crippen molar-refractivity contribution in [2.45, 2.75) is 6.54 Å². The van der Waals surface area contributed by atoms with Gasteiger partial charge in [-0.2, -0.15) is 0 Å². The second-order valence-corrected chi connectivity index (χ2v) is 6.45. The lowest BCUT2D eigenvalue weighted by Crippen LogP contribution is -2.37. The highest BCUT2D eigenvalue weighted by molar-refractivity contribution is 5.14. The third-order valence-corrected chi connectivity index (χ3v) is 4.80. The molecule has 0 N–H and O–H groups in total. The highest BCUT2D eigenvalue weighted by Gasteiger charge is 2.51. The fourth-order valence-electron chi connectivity index (χ4n) is 3.60. The van der Waals surface area contributed by atoms with Gasteiger partial charge in [0, 0.05) is 42.7 Å². The van der Waals surface area contributed by atoms with Crippen LogP contribution in [0.15, 0.2) is 41.3 Å². The lowest BCUT2D eigenvalue weighted by molar-refractivity contribution is 0.0862. The average Bonchev–Trinajstić information content (AvgIpc) is 3.23. The van der Waals surface area contributed by atoms with Crippen molar-refractivity contribution in [2.24, 2.45) is 11.3 Å². The van der Waals surface area contributed by atoms with Gasteiger partial charge in [0.2, 0.25) is 5.88 Å². The number of ether oxygens (including phenoxy) is 2. The van der Waals surface area contributed by atoms with Gasteiger partial charge in [-0.15, -0.1) is 0 Å². The Kier molecular flexibility index (Phi) is 3.79. The molecular weight excluding hydrogens is 299 g/mol. The van der Waals surface area contributed by atoms with Crippen LogP contribution in [0.4, 0.5) is 4.39 Å². The van der Waals surface area contributed by atoms with E-state index < -0.39 is 5.82 Å². The van der Waals surface area contributed by atoms with E-state index >= 15 is 0 Å². The topological polar surface area (TPSA) is 47.7 Å². The van der Waals surface area contributed by atoms with E-state index in [2.05, 4.69) is 9.88 Å². The summed E-state index contributed by atoms with van der Waals surface area (Å²) in [6.45, 7) is 4.49. The number of aromatic nitrogens is 1. The summed E-state index contributed by atoms with van der Waals surface area (Å²) in [4.78, 5) is 6.35. The highest BCUT2D eigenvalue weighted by atomic mass is 19.1. The van der Waals surface area contributed by atoms with Crippen LogP contribution in [-0.2, 0) is 11.3 Å². The molecule has 2 aliphatic rings. The average molecular weight is 318 g/mol. The van der Waals surface area contributed by atoms with Gasteiger partial charge >= 0.3 is 0 Å². The van der Waals surface area contributed by atoms with Crippen LogP contribution in [-0.4, -0.2) is 42.8 Å². The maximum atomic E-state index is 13.7. The van der Waals surface area contributed by atoms with E-state index in [4.69, 9.17) is 13.9 Å². The first kappa shape index (κ1) is 14.7. The van der Waals surface area contributed by atoms with Crippen molar-refractivity contribution in [3.63, 3.8) is 0 Å². The molecule has 2 aromatic heterocycles. The largest absolute Gasteiger partial charge is 0.475 e. The van der Waals surface area contributed by atoms with Crippen LogP contribution < -0.4 is 4.74 Å². The second kappa shape index (κ2) is 5.94. The molecule has 23 heavy (non-hydrogen) atoms. The van der Waals surface area contributed by atoms with Crippen molar-refractivity contribution in [3.05, 3.63) is 48.3 Å². The van der Waals surface area contributed by atoms with E-state index in [1.54, 1.807) is 24.8 Å². The maximum absolute atomic E-state index is 13.7. The Morgan fingerprint density at radius 2 is 2.39 bits per heavy atom. The summed E-state index contributed by atoms with van der Waals surface area (Å²) in [6, 6.07) is 4.91. The summed E-state index contributed by atoms with van der Waals surface area (Å²) in [5, 5.41) is 0. The van der Waals surface area contributed by atoms with Crippen LogP contribution in [0.2, 0.25) is 0 Å². The summed E-state index contributed by atoms with van der Waals surface area (Å²) in [6.07, 6.45) is 5.01. The Balaban J connectivity index is 1.44. The number of halogens is 1. The van der Waals surface area contributed by atoms with Gasteiger partial charge in [-0.05, 0) is 18.2 Å². The number of pyridine rings is 1. The molecule has 5 nitrogen and oxygen atoms in total. The first-order chi connectivity index (χ1) is 11.3. The molecule has 0 amide bonds. The predicted molar refractivity (Wildman–Crippen MR) is 80.4 cm³/mol. The lowest BCUT2D eigenvalue weighted by atomic mass is 9.82. The van der Waals surface area contributed by atoms with Crippen molar-refractivity contribution in [1.29, 1.82) is 0 Å². The van der Waals surface area contributed by atoms with Crippen molar-refractivity contribution < 1.29 is 18.3 Å². The Morgan fingerprint density at radius 1 is 1.43 bits per heavy atom. The molecule has 0 aromatic carbocycles. The molecule has 2 aliphatic heterocycles. The molecule has 0 unspecified atom stereocenters. The Labute approximate surface area is 134 Å². The van der Waals surface area contributed by atoms with E-state index in [0.29, 0.717) is 19.1 Å². The van der Waals surface area contributed by atoms with Crippen LogP contribution >= 0.6 is 0 Å². The summed E-state index contributed by atoms with van der Waals surface area (Å²) >= 11 is 0. The molecule has 2 aromatic rings. The minimum absolute atomic E-state index is 0.0702. The van der Waals surface area contributed by atoms with E-state index in [1.165, 1.54) is 6.07 Å². The molecular formula is C17H19FN2O3. The number of hydrogen-bond acceptors (Lipinski definition) is 5. The molecule has 6 heteroatoms. The highest BCUT2D eigenvalue weighted by Crippen LogP contribution is 2.42. The van der Waals surface area contributed by atoms with Crippen molar-refractivity contribution in [2.75, 3.05) is 32.9 Å². The zero-order valence-corrected chi connectivity index (χ0v) is 12.8. The SMILES string of the molecule is Fc1cccnc1OC[C@]12COC[C@H]1CN(Cc1ccoc1)C2. The molecule has 4 rings (SSSR count). The number of hydrogen-bond donors (Lipinski definition) is 0. The molecule has 2 fully saturated rings. The summed E-state index contributed by atoms with van der Waals surface area (Å²) < 4.78 is 30.2. The Bertz CT molecular complexity index is 664. The van der Waals surface area contributed by atoms with Crippen LogP contribution in [0.3, 0.4) is 0 Å². The monoisotopic (exact) mass is 318 g/mol. The molecule has 0 saturated carbocycles.